The van der Waals surface area contributed by atoms with E-state index in [-0.39, 0.29) is 17.9 Å². The number of benzene rings is 2. The van der Waals surface area contributed by atoms with Crippen molar-refractivity contribution < 1.29 is 38.4 Å². The van der Waals surface area contributed by atoms with Crippen LogP contribution in [0, 0.1) is 6.92 Å². The first kappa shape index (κ1) is 25.9. The second-order valence-corrected chi connectivity index (χ2v) is 7.98. The molecule has 0 aromatic heterocycles. The van der Waals surface area contributed by atoms with Gasteiger partial charge in [0.05, 0.1) is 40.1 Å². The van der Waals surface area contributed by atoms with E-state index in [0.29, 0.717) is 52.7 Å². The topological polar surface area (TPSA) is 104 Å². The smallest absolute Gasteiger partial charge is 0.295 e. The molecule has 1 N–H and O–H groups in total. The quantitative estimate of drug-likeness (QED) is 0.236. The molecule has 1 atom stereocenters. The van der Waals surface area contributed by atoms with Crippen molar-refractivity contribution in [2.45, 2.75) is 19.4 Å². The van der Waals surface area contributed by atoms with Crippen molar-refractivity contribution in [1.82, 2.24) is 4.90 Å². The summed E-state index contributed by atoms with van der Waals surface area (Å²) in [4.78, 5) is 27.8. The van der Waals surface area contributed by atoms with Crippen LogP contribution in [0.1, 0.15) is 29.2 Å². The molecule has 1 fully saturated rings. The maximum atomic E-state index is 13.3. The molecule has 0 unspecified atom stereocenters. The largest absolute Gasteiger partial charge is 0.507 e. The normalized spacial score (nSPS) is 17.0. The molecule has 1 heterocycles. The number of nitrogens with zero attached hydrogens (tertiary/aromatic N) is 1. The highest BCUT2D eigenvalue weighted by molar-refractivity contribution is 6.46. The predicted octanol–water partition coefficient (Wildman–Crippen LogP) is 3.49. The Balaban J connectivity index is 2.25. The van der Waals surface area contributed by atoms with Gasteiger partial charge in [0.15, 0.2) is 11.5 Å². The molecule has 188 valence electrons. The van der Waals surface area contributed by atoms with Crippen LogP contribution in [0.25, 0.3) is 5.76 Å². The molecule has 0 bridgehead atoms. The number of amides is 1. The third-order valence-corrected chi connectivity index (χ3v) is 5.98. The summed E-state index contributed by atoms with van der Waals surface area (Å²) >= 11 is 0. The van der Waals surface area contributed by atoms with Crippen molar-refractivity contribution in [1.29, 1.82) is 0 Å². The van der Waals surface area contributed by atoms with Gasteiger partial charge in [0.1, 0.15) is 11.5 Å². The number of hydrogen-bond acceptors (Lipinski definition) is 8. The molecule has 3 rings (SSSR count). The van der Waals surface area contributed by atoms with Gasteiger partial charge in [0, 0.05) is 25.8 Å². The Morgan fingerprint density at radius 3 is 2.11 bits per heavy atom. The van der Waals surface area contributed by atoms with Crippen molar-refractivity contribution >= 4 is 17.4 Å². The minimum Gasteiger partial charge on any atom is -0.507 e. The van der Waals surface area contributed by atoms with E-state index >= 15 is 0 Å². The van der Waals surface area contributed by atoms with Crippen LogP contribution < -0.4 is 18.9 Å². The van der Waals surface area contributed by atoms with Gasteiger partial charge in [-0.2, -0.15) is 0 Å². The predicted molar refractivity (Wildman–Crippen MR) is 129 cm³/mol. The summed E-state index contributed by atoms with van der Waals surface area (Å²) in [5, 5.41) is 11.4. The van der Waals surface area contributed by atoms with Gasteiger partial charge in [-0.25, -0.2) is 0 Å². The number of hydrogen-bond donors (Lipinski definition) is 1. The lowest BCUT2D eigenvalue weighted by molar-refractivity contribution is -0.140. The lowest BCUT2D eigenvalue weighted by Crippen LogP contribution is -2.31. The van der Waals surface area contributed by atoms with E-state index in [1.54, 1.807) is 51.5 Å². The van der Waals surface area contributed by atoms with Gasteiger partial charge in [0.25, 0.3) is 11.7 Å². The Morgan fingerprint density at radius 2 is 1.60 bits per heavy atom. The van der Waals surface area contributed by atoms with E-state index in [4.69, 9.17) is 23.7 Å². The summed E-state index contributed by atoms with van der Waals surface area (Å²) in [7, 11) is 7.57. The van der Waals surface area contributed by atoms with E-state index in [1.807, 2.05) is 0 Å². The van der Waals surface area contributed by atoms with Gasteiger partial charge < -0.3 is 33.7 Å². The number of rotatable bonds is 10. The number of aliphatic hydroxyl groups excluding tert-OH is 1. The highest BCUT2D eigenvalue weighted by Crippen LogP contribution is 2.46. The lowest BCUT2D eigenvalue weighted by Gasteiger charge is -2.26. The fourth-order valence-electron chi connectivity index (χ4n) is 4.27. The summed E-state index contributed by atoms with van der Waals surface area (Å²) in [5.74, 6) is -0.0193. The standard InChI is InChI=1S/C26H31NO8/c1-15-12-17(32-3)8-9-18(15)23(28)21-22(27(10-7-11-31-2)26(30)24(21)29)16-13-19(33-4)25(35-6)20(14-16)34-5/h8-9,12-14,22,28H,7,10-11H2,1-6H3/b23-21+/t22-/m0/s1. The van der Waals surface area contributed by atoms with E-state index in [0.717, 1.165) is 0 Å². The highest BCUT2D eigenvalue weighted by atomic mass is 16.5. The number of Topliss-reactive ketones (excluding diaryl/α,β-unsaturated/α-hetero) is 1. The minimum absolute atomic E-state index is 0.0186. The molecule has 1 saturated heterocycles. The molecular formula is C26H31NO8. The van der Waals surface area contributed by atoms with Crippen LogP contribution in [-0.4, -0.2) is 70.4 Å². The van der Waals surface area contributed by atoms with Crippen molar-refractivity contribution in [3.05, 3.63) is 52.6 Å². The zero-order chi connectivity index (χ0) is 25.7. The molecule has 0 spiro atoms. The first-order valence-corrected chi connectivity index (χ1v) is 11.0. The van der Waals surface area contributed by atoms with Crippen LogP contribution in [0.2, 0.25) is 0 Å². The van der Waals surface area contributed by atoms with Crippen molar-refractivity contribution in [3.8, 4) is 23.0 Å². The van der Waals surface area contributed by atoms with Crippen molar-refractivity contribution in [3.63, 3.8) is 0 Å². The number of aryl methyl sites for hydroxylation is 1. The Bertz CT molecular complexity index is 1120. The molecule has 1 amide bonds. The average molecular weight is 486 g/mol. The second-order valence-electron chi connectivity index (χ2n) is 7.98. The van der Waals surface area contributed by atoms with Crippen LogP contribution in [0.5, 0.6) is 23.0 Å². The first-order chi connectivity index (χ1) is 16.8. The number of carbonyl (C=O) groups excluding carboxylic acids is 2. The van der Waals surface area contributed by atoms with E-state index < -0.39 is 17.7 Å². The van der Waals surface area contributed by atoms with Gasteiger partial charge in [0.2, 0.25) is 5.75 Å². The number of likely N-dealkylation sites (tertiary alicyclic amines) is 1. The van der Waals surface area contributed by atoms with Crippen molar-refractivity contribution in [2.24, 2.45) is 0 Å². The monoisotopic (exact) mass is 485 g/mol. The third-order valence-electron chi connectivity index (χ3n) is 5.98. The Kier molecular flexibility index (Phi) is 8.24. The summed E-state index contributed by atoms with van der Waals surface area (Å²) < 4.78 is 26.8. The van der Waals surface area contributed by atoms with Crippen LogP contribution in [0.4, 0.5) is 0 Å². The summed E-state index contributed by atoms with van der Waals surface area (Å²) in [6.45, 7) is 2.45. The molecule has 9 heteroatoms. The number of aliphatic hydroxyl groups is 1. The van der Waals surface area contributed by atoms with Crippen LogP contribution in [-0.2, 0) is 14.3 Å². The fraction of sp³-hybridized carbons (Fsp3) is 0.385. The number of methoxy groups -OCH3 is 5. The Hall–Kier alpha value is -3.72. The lowest BCUT2D eigenvalue weighted by atomic mass is 9.93. The molecule has 0 radical (unpaired) electrons. The van der Waals surface area contributed by atoms with Crippen LogP contribution in [0.3, 0.4) is 0 Å². The molecule has 2 aromatic carbocycles. The number of carbonyl (C=O) groups is 2. The van der Waals surface area contributed by atoms with Crippen LogP contribution >= 0.6 is 0 Å². The molecule has 1 aliphatic heterocycles. The van der Waals surface area contributed by atoms with Gasteiger partial charge in [-0.15, -0.1) is 0 Å². The fourth-order valence-corrected chi connectivity index (χ4v) is 4.27. The van der Waals surface area contributed by atoms with E-state index in [9.17, 15) is 14.7 Å². The maximum absolute atomic E-state index is 13.3. The molecule has 35 heavy (non-hydrogen) atoms. The Morgan fingerprint density at radius 1 is 0.943 bits per heavy atom. The van der Waals surface area contributed by atoms with Crippen LogP contribution in [0.15, 0.2) is 35.9 Å². The molecular weight excluding hydrogens is 454 g/mol. The SMILES string of the molecule is COCCCN1C(=O)C(=O)/C(=C(/O)c2ccc(OC)cc2C)[C@@H]1c1cc(OC)c(OC)c(OC)c1. The zero-order valence-electron chi connectivity index (χ0n) is 20.8. The molecule has 0 saturated carbocycles. The number of ether oxygens (including phenoxy) is 5. The first-order valence-electron chi connectivity index (χ1n) is 11.0. The molecule has 2 aromatic rings. The third kappa shape index (κ3) is 4.90. The average Bonchev–Trinajstić information content (AvgIpc) is 3.12. The summed E-state index contributed by atoms with van der Waals surface area (Å²) in [6, 6.07) is 7.57. The summed E-state index contributed by atoms with van der Waals surface area (Å²) in [5.41, 5.74) is 1.63. The zero-order valence-corrected chi connectivity index (χ0v) is 20.8. The number of ketones is 1. The second kappa shape index (κ2) is 11.1. The van der Waals surface area contributed by atoms with Crippen molar-refractivity contribution in [2.75, 3.05) is 48.7 Å². The molecule has 1 aliphatic rings. The van der Waals surface area contributed by atoms with Gasteiger partial charge >= 0.3 is 0 Å². The Labute approximate surface area is 204 Å². The minimum atomic E-state index is -0.873. The highest BCUT2D eigenvalue weighted by Gasteiger charge is 2.46. The van der Waals surface area contributed by atoms with Gasteiger partial charge in [-0.3, -0.25) is 9.59 Å². The molecule has 0 aliphatic carbocycles. The van der Waals surface area contributed by atoms with Gasteiger partial charge in [-0.1, -0.05) is 0 Å². The molecule has 9 nitrogen and oxygen atoms in total. The summed E-state index contributed by atoms with van der Waals surface area (Å²) in [6.07, 6.45) is 0.506. The van der Waals surface area contributed by atoms with E-state index in [1.165, 1.54) is 26.2 Å². The van der Waals surface area contributed by atoms with Gasteiger partial charge in [-0.05, 0) is 54.8 Å². The maximum Gasteiger partial charge on any atom is 0.295 e. The van der Waals surface area contributed by atoms with E-state index in [2.05, 4.69) is 0 Å².